The zero-order chi connectivity index (χ0) is 23.3. The number of rotatable bonds is 5. The number of piperidine rings is 1. The van der Waals surface area contributed by atoms with E-state index in [1.165, 1.54) is 25.8 Å². The van der Waals surface area contributed by atoms with Gasteiger partial charge in [-0.25, -0.2) is 4.79 Å². The Kier molecular flexibility index (Phi) is 8.05. The van der Waals surface area contributed by atoms with Crippen LogP contribution in [-0.2, 0) is 20.9 Å². The minimum Gasteiger partial charge on any atom is -0.475 e. The summed E-state index contributed by atoms with van der Waals surface area (Å²) in [5.41, 5.74) is 1.66. The number of carbonyl (C=O) groups excluding carboxylic acids is 1. The molecular formula is C21H29F3N4O4. The average Bonchev–Trinajstić information content (AvgIpc) is 3.13. The van der Waals surface area contributed by atoms with Gasteiger partial charge in [-0.2, -0.15) is 13.2 Å². The van der Waals surface area contributed by atoms with Gasteiger partial charge < -0.3 is 20.1 Å². The zero-order valence-electron chi connectivity index (χ0n) is 18.0. The molecule has 0 bridgehead atoms. The molecule has 4 rings (SSSR count). The minimum atomic E-state index is -5.08. The summed E-state index contributed by atoms with van der Waals surface area (Å²) in [6.07, 6.45) is 4.45. The number of ether oxygens (including phenoxy) is 1. The van der Waals surface area contributed by atoms with Crippen LogP contribution >= 0.6 is 0 Å². The number of carboxylic acids is 1. The molecule has 3 aliphatic rings. The molecule has 1 amide bonds. The van der Waals surface area contributed by atoms with E-state index in [1.807, 2.05) is 6.92 Å². The fourth-order valence-corrected chi connectivity index (χ4v) is 4.17. The van der Waals surface area contributed by atoms with E-state index in [4.69, 9.17) is 14.6 Å². The fourth-order valence-electron chi connectivity index (χ4n) is 4.17. The van der Waals surface area contributed by atoms with Crippen molar-refractivity contribution in [1.82, 2.24) is 20.2 Å². The van der Waals surface area contributed by atoms with Crippen molar-refractivity contribution < 1.29 is 32.6 Å². The highest BCUT2D eigenvalue weighted by Crippen LogP contribution is 2.35. The van der Waals surface area contributed by atoms with E-state index in [-0.39, 0.29) is 18.1 Å². The molecule has 1 aromatic heterocycles. The van der Waals surface area contributed by atoms with Crippen LogP contribution in [0.3, 0.4) is 0 Å². The number of alkyl halides is 3. The van der Waals surface area contributed by atoms with Gasteiger partial charge in [0.2, 0.25) is 5.91 Å². The van der Waals surface area contributed by atoms with Gasteiger partial charge in [0.05, 0.1) is 30.2 Å². The quantitative estimate of drug-likeness (QED) is 0.698. The lowest BCUT2D eigenvalue weighted by Gasteiger charge is -2.38. The first-order valence-corrected chi connectivity index (χ1v) is 10.8. The average molecular weight is 458 g/mol. The molecule has 178 valence electrons. The number of fused-ring (bicyclic) bond motifs is 1. The van der Waals surface area contributed by atoms with Gasteiger partial charge in [-0.3, -0.25) is 14.8 Å². The smallest absolute Gasteiger partial charge is 0.475 e. The molecule has 8 nitrogen and oxygen atoms in total. The molecule has 3 fully saturated rings. The summed E-state index contributed by atoms with van der Waals surface area (Å²) < 4.78 is 37.8. The molecule has 0 radical (unpaired) electrons. The Hall–Kier alpha value is -2.27. The van der Waals surface area contributed by atoms with Crippen molar-refractivity contribution in [2.75, 3.05) is 19.6 Å². The molecule has 2 aliphatic heterocycles. The number of amides is 1. The molecule has 1 aromatic rings. The first kappa shape index (κ1) is 24.4. The van der Waals surface area contributed by atoms with Crippen molar-refractivity contribution in [2.45, 2.75) is 64.0 Å². The number of aromatic nitrogens is 2. The number of aryl methyl sites for hydroxylation is 1. The van der Waals surface area contributed by atoms with Crippen LogP contribution in [0.1, 0.15) is 43.5 Å². The first-order valence-electron chi connectivity index (χ1n) is 10.8. The number of halogens is 3. The summed E-state index contributed by atoms with van der Waals surface area (Å²) in [6, 6.07) is 0. The van der Waals surface area contributed by atoms with Crippen molar-refractivity contribution in [3.63, 3.8) is 0 Å². The van der Waals surface area contributed by atoms with Gasteiger partial charge in [-0.05, 0) is 51.0 Å². The lowest BCUT2D eigenvalue weighted by atomic mass is 9.84. The third-order valence-electron chi connectivity index (χ3n) is 6.19. The Morgan fingerprint density at radius 3 is 2.53 bits per heavy atom. The minimum absolute atomic E-state index is 0.0117. The molecule has 32 heavy (non-hydrogen) atoms. The van der Waals surface area contributed by atoms with E-state index in [0.717, 1.165) is 43.2 Å². The topological polar surface area (TPSA) is 105 Å². The SMILES string of the molecule is Cc1cnc(CNC(=O)[C@H]2C[C@@H]3CCN(CC4CCC4)C[C@H]3O2)cn1.O=C(O)C(F)(F)F. The highest BCUT2D eigenvalue weighted by molar-refractivity contribution is 5.81. The Morgan fingerprint density at radius 2 is 1.97 bits per heavy atom. The van der Waals surface area contributed by atoms with Crippen LogP contribution in [0.2, 0.25) is 0 Å². The highest BCUT2D eigenvalue weighted by Gasteiger charge is 2.42. The number of carboxylic acid groups (broad SMARTS) is 1. The molecule has 3 atom stereocenters. The standard InChI is InChI=1S/C19H28N4O2.C2HF3O2/c1-13-8-21-16(9-20-13)10-22-19(24)17-7-15-5-6-23(12-18(15)25-17)11-14-3-2-4-14;3-2(4,5)1(6)7/h8-9,14-15,17-18H,2-7,10-12H2,1H3,(H,22,24);(H,6,7)/t15-,17+,18+;/m0./s1. The number of nitrogens with zero attached hydrogens (tertiary/aromatic N) is 3. The van der Waals surface area contributed by atoms with Crippen molar-refractivity contribution >= 4 is 11.9 Å². The third-order valence-corrected chi connectivity index (χ3v) is 6.19. The van der Waals surface area contributed by atoms with Gasteiger partial charge >= 0.3 is 12.1 Å². The Morgan fingerprint density at radius 1 is 1.25 bits per heavy atom. The van der Waals surface area contributed by atoms with Crippen molar-refractivity contribution in [2.24, 2.45) is 11.8 Å². The maximum absolute atomic E-state index is 12.4. The van der Waals surface area contributed by atoms with Gasteiger partial charge in [-0.15, -0.1) is 0 Å². The number of hydrogen-bond acceptors (Lipinski definition) is 6. The normalized spacial score (nSPS) is 25.8. The lowest BCUT2D eigenvalue weighted by Crippen LogP contribution is -2.45. The molecule has 0 aromatic carbocycles. The van der Waals surface area contributed by atoms with Crippen molar-refractivity contribution in [1.29, 1.82) is 0 Å². The second-order valence-electron chi connectivity index (χ2n) is 8.67. The number of likely N-dealkylation sites (tertiary alicyclic amines) is 1. The molecule has 3 heterocycles. The van der Waals surface area contributed by atoms with E-state index < -0.39 is 12.1 Å². The van der Waals surface area contributed by atoms with Crippen LogP contribution in [0.25, 0.3) is 0 Å². The van der Waals surface area contributed by atoms with Crippen molar-refractivity contribution in [3.05, 3.63) is 23.8 Å². The van der Waals surface area contributed by atoms with Gasteiger partial charge in [0.25, 0.3) is 0 Å². The van der Waals surface area contributed by atoms with Gasteiger partial charge in [0.1, 0.15) is 6.10 Å². The summed E-state index contributed by atoms with van der Waals surface area (Å²) in [6.45, 7) is 5.69. The van der Waals surface area contributed by atoms with Crippen LogP contribution in [-0.4, -0.2) is 69.9 Å². The number of hydrogen-bond donors (Lipinski definition) is 2. The van der Waals surface area contributed by atoms with E-state index in [9.17, 15) is 18.0 Å². The Bertz CT molecular complexity index is 786. The maximum atomic E-state index is 12.4. The molecule has 0 unspecified atom stereocenters. The van der Waals surface area contributed by atoms with Crippen LogP contribution in [0.15, 0.2) is 12.4 Å². The summed E-state index contributed by atoms with van der Waals surface area (Å²) in [4.78, 5) is 32.4. The summed E-state index contributed by atoms with van der Waals surface area (Å²) in [5.74, 6) is -1.34. The highest BCUT2D eigenvalue weighted by atomic mass is 19.4. The van der Waals surface area contributed by atoms with E-state index in [2.05, 4.69) is 20.2 Å². The van der Waals surface area contributed by atoms with Crippen LogP contribution < -0.4 is 5.32 Å². The van der Waals surface area contributed by atoms with E-state index in [0.29, 0.717) is 12.5 Å². The summed E-state index contributed by atoms with van der Waals surface area (Å²) >= 11 is 0. The molecule has 0 spiro atoms. The van der Waals surface area contributed by atoms with Crippen LogP contribution in [0.4, 0.5) is 13.2 Å². The zero-order valence-corrected chi connectivity index (χ0v) is 18.0. The molecule has 2 saturated heterocycles. The van der Waals surface area contributed by atoms with E-state index >= 15 is 0 Å². The molecule has 1 saturated carbocycles. The largest absolute Gasteiger partial charge is 0.490 e. The lowest BCUT2D eigenvalue weighted by molar-refractivity contribution is -0.192. The van der Waals surface area contributed by atoms with Crippen molar-refractivity contribution in [3.8, 4) is 0 Å². The third kappa shape index (κ3) is 6.86. The predicted octanol–water partition coefficient (Wildman–Crippen LogP) is 2.31. The van der Waals surface area contributed by atoms with Gasteiger partial charge in [-0.1, -0.05) is 6.42 Å². The van der Waals surface area contributed by atoms with Gasteiger partial charge in [0, 0.05) is 19.3 Å². The molecule has 2 N–H and O–H groups in total. The van der Waals surface area contributed by atoms with Gasteiger partial charge in [0.15, 0.2) is 0 Å². The second-order valence-corrected chi connectivity index (χ2v) is 8.67. The molecule has 11 heteroatoms. The maximum Gasteiger partial charge on any atom is 0.490 e. The van der Waals surface area contributed by atoms with Crippen LogP contribution in [0.5, 0.6) is 0 Å². The Labute approximate surface area is 184 Å². The molecular weight excluding hydrogens is 429 g/mol. The van der Waals surface area contributed by atoms with Crippen LogP contribution in [0, 0.1) is 18.8 Å². The Balaban J connectivity index is 0.000000360. The monoisotopic (exact) mass is 458 g/mol. The fraction of sp³-hybridized carbons (Fsp3) is 0.714. The summed E-state index contributed by atoms with van der Waals surface area (Å²) in [7, 11) is 0. The second kappa shape index (κ2) is 10.6. The molecule has 1 aliphatic carbocycles. The number of nitrogens with one attached hydrogen (secondary N) is 1. The first-order chi connectivity index (χ1) is 15.1. The van der Waals surface area contributed by atoms with E-state index in [1.54, 1.807) is 12.4 Å². The summed E-state index contributed by atoms with van der Waals surface area (Å²) in [5, 5.41) is 10.1. The number of aliphatic carboxylic acids is 1. The predicted molar refractivity (Wildman–Crippen MR) is 107 cm³/mol. The number of carbonyl (C=O) groups is 2.